The van der Waals surface area contributed by atoms with Gasteiger partial charge in [-0.25, -0.2) is 0 Å². The van der Waals surface area contributed by atoms with Crippen LogP contribution in [-0.4, -0.2) is 37.4 Å². The molecule has 0 bridgehead atoms. The molecule has 27 heavy (non-hydrogen) atoms. The standard InChI is InChI=1S/C19H18BrN3O4/c1-25-16-8-13(9-17(26-2)18(16)27-3)21-19(24)15-10-14(22-23-15)11-4-6-12(20)7-5-11/h4-10H,1-3H3,(H,21,24)(H,22,23). The van der Waals surface area contributed by atoms with Gasteiger partial charge in [0.15, 0.2) is 11.5 Å². The maximum Gasteiger partial charge on any atom is 0.273 e. The third-order valence-corrected chi connectivity index (χ3v) is 4.41. The Morgan fingerprint density at radius 3 is 2.19 bits per heavy atom. The first-order chi connectivity index (χ1) is 13.0. The molecule has 0 saturated heterocycles. The SMILES string of the molecule is COc1cc(NC(=O)c2cc(-c3ccc(Br)cc3)n[nH]2)cc(OC)c1OC. The predicted molar refractivity (Wildman–Crippen MR) is 106 cm³/mol. The average molecular weight is 432 g/mol. The van der Waals surface area contributed by atoms with Crippen LogP contribution in [0, 0.1) is 0 Å². The fourth-order valence-corrected chi connectivity index (χ4v) is 2.82. The van der Waals surface area contributed by atoms with E-state index in [1.165, 1.54) is 21.3 Å². The van der Waals surface area contributed by atoms with Crippen molar-refractivity contribution in [1.29, 1.82) is 0 Å². The Hall–Kier alpha value is -3.00. The average Bonchev–Trinajstić information content (AvgIpc) is 3.18. The lowest BCUT2D eigenvalue weighted by Crippen LogP contribution is -2.12. The van der Waals surface area contributed by atoms with Crippen molar-refractivity contribution in [3.8, 4) is 28.5 Å². The van der Waals surface area contributed by atoms with Crippen molar-refractivity contribution in [3.63, 3.8) is 0 Å². The summed E-state index contributed by atoms with van der Waals surface area (Å²) in [6.45, 7) is 0. The molecular formula is C19H18BrN3O4. The van der Waals surface area contributed by atoms with Crippen LogP contribution in [0.25, 0.3) is 11.3 Å². The first-order valence-electron chi connectivity index (χ1n) is 7.98. The van der Waals surface area contributed by atoms with Crippen molar-refractivity contribution >= 4 is 27.5 Å². The van der Waals surface area contributed by atoms with E-state index >= 15 is 0 Å². The largest absolute Gasteiger partial charge is 0.493 e. The molecule has 0 aliphatic heterocycles. The summed E-state index contributed by atoms with van der Waals surface area (Å²) in [6, 6.07) is 12.7. The molecule has 0 fully saturated rings. The number of H-pyrrole nitrogens is 1. The zero-order chi connectivity index (χ0) is 19.4. The zero-order valence-corrected chi connectivity index (χ0v) is 16.6. The van der Waals surface area contributed by atoms with E-state index in [1.807, 2.05) is 24.3 Å². The van der Waals surface area contributed by atoms with Crippen molar-refractivity contribution in [1.82, 2.24) is 10.2 Å². The molecule has 8 heteroatoms. The summed E-state index contributed by atoms with van der Waals surface area (Å²) >= 11 is 3.40. The third-order valence-electron chi connectivity index (χ3n) is 3.89. The molecule has 0 aliphatic carbocycles. The van der Waals surface area contributed by atoms with Crippen LogP contribution in [0.3, 0.4) is 0 Å². The Labute approximate surface area is 164 Å². The number of aromatic nitrogens is 2. The number of aromatic amines is 1. The summed E-state index contributed by atoms with van der Waals surface area (Å²) in [5.74, 6) is 1.02. The van der Waals surface area contributed by atoms with Crippen LogP contribution >= 0.6 is 15.9 Å². The number of hydrogen-bond acceptors (Lipinski definition) is 5. The minimum absolute atomic E-state index is 0.333. The van der Waals surface area contributed by atoms with Gasteiger partial charge in [-0.05, 0) is 18.2 Å². The smallest absolute Gasteiger partial charge is 0.273 e. The topological polar surface area (TPSA) is 85.5 Å². The minimum Gasteiger partial charge on any atom is -0.493 e. The van der Waals surface area contributed by atoms with Gasteiger partial charge in [-0.1, -0.05) is 28.1 Å². The van der Waals surface area contributed by atoms with Gasteiger partial charge in [0.2, 0.25) is 5.75 Å². The minimum atomic E-state index is -0.333. The molecule has 1 amide bonds. The van der Waals surface area contributed by atoms with E-state index in [2.05, 4.69) is 31.4 Å². The number of anilines is 1. The van der Waals surface area contributed by atoms with Gasteiger partial charge in [0.1, 0.15) is 5.69 Å². The Bertz CT molecular complexity index is 929. The van der Waals surface area contributed by atoms with Gasteiger partial charge in [0, 0.05) is 27.9 Å². The van der Waals surface area contributed by atoms with Gasteiger partial charge in [-0.3, -0.25) is 9.89 Å². The van der Waals surface area contributed by atoms with Gasteiger partial charge >= 0.3 is 0 Å². The molecule has 1 aromatic heterocycles. The van der Waals surface area contributed by atoms with Crippen LogP contribution < -0.4 is 19.5 Å². The molecule has 140 valence electrons. The van der Waals surface area contributed by atoms with Crippen molar-refractivity contribution in [2.45, 2.75) is 0 Å². The molecule has 7 nitrogen and oxygen atoms in total. The molecule has 2 N–H and O–H groups in total. The Kier molecular flexibility index (Phi) is 5.66. The number of nitrogens with one attached hydrogen (secondary N) is 2. The summed E-state index contributed by atoms with van der Waals surface area (Å²) < 4.78 is 16.9. The molecular weight excluding hydrogens is 414 g/mol. The fourth-order valence-electron chi connectivity index (χ4n) is 2.56. The van der Waals surface area contributed by atoms with Crippen LogP contribution in [0.4, 0.5) is 5.69 Å². The highest BCUT2D eigenvalue weighted by Crippen LogP contribution is 2.40. The number of rotatable bonds is 6. The molecule has 0 aliphatic rings. The predicted octanol–water partition coefficient (Wildman–Crippen LogP) is 4.12. The summed E-state index contributed by atoms with van der Waals surface area (Å²) in [7, 11) is 4.55. The van der Waals surface area contributed by atoms with E-state index in [4.69, 9.17) is 14.2 Å². The summed E-state index contributed by atoms with van der Waals surface area (Å²) in [4.78, 5) is 12.6. The molecule has 3 aromatic rings. The van der Waals surface area contributed by atoms with Gasteiger partial charge in [0.05, 0.1) is 27.0 Å². The first-order valence-corrected chi connectivity index (χ1v) is 8.77. The highest BCUT2D eigenvalue weighted by atomic mass is 79.9. The molecule has 1 heterocycles. The normalized spacial score (nSPS) is 10.4. The van der Waals surface area contributed by atoms with E-state index in [9.17, 15) is 4.79 Å². The molecule has 0 atom stereocenters. The number of methoxy groups -OCH3 is 3. The van der Waals surface area contributed by atoms with Gasteiger partial charge < -0.3 is 19.5 Å². The quantitative estimate of drug-likeness (QED) is 0.612. The van der Waals surface area contributed by atoms with E-state index in [0.717, 1.165) is 10.0 Å². The molecule has 2 aromatic carbocycles. The fraction of sp³-hybridized carbons (Fsp3) is 0.158. The maximum atomic E-state index is 12.6. The van der Waals surface area contributed by atoms with Crippen LogP contribution in [-0.2, 0) is 0 Å². The third kappa shape index (κ3) is 4.06. The lowest BCUT2D eigenvalue weighted by Gasteiger charge is -2.14. The number of carbonyl (C=O) groups excluding carboxylic acids is 1. The van der Waals surface area contributed by atoms with E-state index in [-0.39, 0.29) is 5.91 Å². The first kappa shape index (κ1) is 18.8. The number of carbonyl (C=O) groups is 1. The van der Waals surface area contributed by atoms with Crippen LogP contribution in [0.1, 0.15) is 10.5 Å². The zero-order valence-electron chi connectivity index (χ0n) is 15.0. The number of amides is 1. The van der Waals surface area contributed by atoms with Gasteiger partial charge in [-0.15, -0.1) is 0 Å². The molecule has 0 radical (unpaired) electrons. The van der Waals surface area contributed by atoms with Gasteiger partial charge in [-0.2, -0.15) is 5.10 Å². The second-order valence-electron chi connectivity index (χ2n) is 5.54. The second kappa shape index (κ2) is 8.13. The van der Waals surface area contributed by atoms with Gasteiger partial charge in [0.25, 0.3) is 5.91 Å². The molecule has 0 spiro atoms. The van der Waals surface area contributed by atoms with Crippen LogP contribution in [0.2, 0.25) is 0 Å². The monoisotopic (exact) mass is 431 g/mol. The van der Waals surface area contributed by atoms with Crippen molar-refractivity contribution in [2.24, 2.45) is 0 Å². The summed E-state index contributed by atoms with van der Waals surface area (Å²) in [5, 5.41) is 9.76. The highest BCUT2D eigenvalue weighted by molar-refractivity contribution is 9.10. The van der Waals surface area contributed by atoms with Crippen molar-refractivity contribution < 1.29 is 19.0 Å². The van der Waals surface area contributed by atoms with E-state index in [0.29, 0.717) is 34.3 Å². The number of benzene rings is 2. The Balaban J connectivity index is 1.82. The van der Waals surface area contributed by atoms with Crippen molar-refractivity contribution in [2.75, 3.05) is 26.6 Å². The van der Waals surface area contributed by atoms with Crippen molar-refractivity contribution in [3.05, 3.63) is 52.6 Å². The van der Waals surface area contributed by atoms with E-state index in [1.54, 1.807) is 18.2 Å². The molecule has 0 saturated carbocycles. The number of hydrogen-bond donors (Lipinski definition) is 2. The molecule has 3 rings (SSSR count). The number of ether oxygens (including phenoxy) is 3. The summed E-state index contributed by atoms with van der Waals surface area (Å²) in [6.07, 6.45) is 0. The summed E-state index contributed by atoms with van der Waals surface area (Å²) in [5.41, 5.74) is 2.43. The van der Waals surface area contributed by atoms with Crippen LogP contribution in [0.15, 0.2) is 46.9 Å². The van der Waals surface area contributed by atoms with Crippen LogP contribution in [0.5, 0.6) is 17.2 Å². The lowest BCUT2D eigenvalue weighted by molar-refractivity contribution is 0.102. The second-order valence-corrected chi connectivity index (χ2v) is 6.46. The lowest BCUT2D eigenvalue weighted by atomic mass is 10.1. The Morgan fingerprint density at radius 1 is 1.00 bits per heavy atom. The molecule has 0 unspecified atom stereocenters. The number of nitrogens with zero attached hydrogens (tertiary/aromatic N) is 1. The highest BCUT2D eigenvalue weighted by Gasteiger charge is 2.16. The maximum absolute atomic E-state index is 12.6. The Morgan fingerprint density at radius 2 is 1.63 bits per heavy atom. The number of halogens is 1. The van der Waals surface area contributed by atoms with E-state index < -0.39 is 0 Å².